The van der Waals surface area contributed by atoms with Crippen LogP contribution in [0.15, 0.2) is 12.2 Å². The van der Waals surface area contributed by atoms with Crippen molar-refractivity contribution >= 4 is 16.3 Å². The predicted octanol–water partition coefficient (Wildman–Crippen LogP) is -2.10. The number of amides is 1. The van der Waals surface area contributed by atoms with E-state index in [2.05, 4.69) is 31.9 Å². The third-order valence-electron chi connectivity index (χ3n) is 0.625. The van der Waals surface area contributed by atoms with Gasteiger partial charge in [0, 0.05) is 5.57 Å². The Hall–Kier alpha value is -0.960. The Balaban J connectivity index is -0.000000162. The van der Waals surface area contributed by atoms with Crippen molar-refractivity contribution in [2.45, 2.75) is 6.92 Å². The van der Waals surface area contributed by atoms with E-state index in [0.29, 0.717) is 5.57 Å². The van der Waals surface area contributed by atoms with Gasteiger partial charge in [-0.15, -0.1) is 0 Å². The van der Waals surface area contributed by atoms with Crippen molar-refractivity contribution in [1.29, 1.82) is 0 Å². The van der Waals surface area contributed by atoms with Gasteiger partial charge in [-0.2, -0.15) is 0 Å². The molecule has 0 bridgehead atoms. The predicted molar refractivity (Wildman–Crippen MR) is 59.4 cm³/mol. The Labute approximate surface area is 96.8 Å². The first-order valence-corrected chi connectivity index (χ1v) is 5.50. The van der Waals surface area contributed by atoms with Gasteiger partial charge in [0.05, 0.1) is 28.3 Å². The molecule has 0 aromatic carbocycles. The van der Waals surface area contributed by atoms with Crippen LogP contribution in [0.25, 0.3) is 0 Å². The minimum Gasteiger partial charge on any atom is -0.726 e. The number of hydrogen-bond acceptors (Lipinski definition) is 5. The number of rotatable bonds is 2. The SMILES string of the molecule is C=C(C)C(N)=O.COS(=O)(=O)[O-].C[NH+](C)C. The first-order valence-electron chi connectivity index (χ1n) is 4.17. The van der Waals surface area contributed by atoms with Crippen LogP contribution in [0.3, 0.4) is 0 Å². The molecule has 0 heterocycles. The van der Waals surface area contributed by atoms with Crippen molar-refractivity contribution in [2.24, 2.45) is 5.73 Å². The molecule has 7 nitrogen and oxygen atoms in total. The van der Waals surface area contributed by atoms with Gasteiger partial charge in [-0.05, 0) is 6.92 Å². The zero-order chi connectivity index (χ0) is 13.9. The molecule has 1 amide bonds. The van der Waals surface area contributed by atoms with E-state index < -0.39 is 16.3 Å². The monoisotopic (exact) mass is 256 g/mol. The van der Waals surface area contributed by atoms with E-state index in [9.17, 15) is 17.8 Å². The van der Waals surface area contributed by atoms with Gasteiger partial charge in [-0.25, -0.2) is 8.42 Å². The average Bonchev–Trinajstić information content (AvgIpc) is 2.02. The summed E-state index contributed by atoms with van der Waals surface area (Å²) in [7, 11) is 2.65. The Morgan fingerprint density at radius 2 is 1.50 bits per heavy atom. The van der Waals surface area contributed by atoms with E-state index in [4.69, 9.17) is 5.73 Å². The third-order valence-corrected chi connectivity index (χ3v) is 1.03. The van der Waals surface area contributed by atoms with Gasteiger partial charge >= 0.3 is 0 Å². The number of carbonyl (C=O) groups excluding carboxylic acids is 1. The first kappa shape index (κ1) is 20.5. The molecule has 0 spiro atoms. The van der Waals surface area contributed by atoms with Gasteiger partial charge in [-0.1, -0.05) is 6.58 Å². The van der Waals surface area contributed by atoms with Crippen LogP contribution in [0, 0.1) is 0 Å². The van der Waals surface area contributed by atoms with E-state index in [1.807, 2.05) is 0 Å². The van der Waals surface area contributed by atoms with Crippen LogP contribution < -0.4 is 10.6 Å². The first-order chi connectivity index (χ1) is 6.94. The number of quaternary nitrogens is 1. The van der Waals surface area contributed by atoms with Crippen molar-refractivity contribution < 1.29 is 26.8 Å². The van der Waals surface area contributed by atoms with Crippen LogP contribution >= 0.6 is 0 Å². The molecule has 0 aromatic heterocycles. The molecule has 0 saturated carbocycles. The molecule has 0 unspecified atom stereocenters. The summed E-state index contributed by atoms with van der Waals surface area (Å²) in [4.78, 5) is 11.2. The fourth-order valence-electron chi connectivity index (χ4n) is 0. The van der Waals surface area contributed by atoms with Crippen molar-refractivity contribution in [3.8, 4) is 0 Å². The van der Waals surface area contributed by atoms with Crippen molar-refractivity contribution in [1.82, 2.24) is 0 Å². The van der Waals surface area contributed by atoms with E-state index in [0.717, 1.165) is 7.11 Å². The number of nitrogens with two attached hydrogens (primary N) is 1. The van der Waals surface area contributed by atoms with Gasteiger partial charge in [0.2, 0.25) is 16.3 Å². The van der Waals surface area contributed by atoms with Gasteiger partial charge in [0.1, 0.15) is 0 Å². The van der Waals surface area contributed by atoms with E-state index in [1.54, 1.807) is 6.92 Å². The Morgan fingerprint density at radius 3 is 1.50 bits per heavy atom. The number of hydrogen-bond donors (Lipinski definition) is 2. The van der Waals surface area contributed by atoms with Gasteiger partial charge < -0.3 is 15.2 Å². The summed E-state index contributed by atoms with van der Waals surface area (Å²) in [5.41, 5.74) is 5.09. The highest BCUT2D eigenvalue weighted by molar-refractivity contribution is 7.80. The quantitative estimate of drug-likeness (QED) is 0.334. The molecule has 0 saturated heterocycles. The summed E-state index contributed by atoms with van der Waals surface area (Å²) >= 11 is 0. The highest BCUT2D eigenvalue weighted by atomic mass is 32.3. The molecular weight excluding hydrogens is 236 g/mol. The molecule has 3 N–H and O–H groups in total. The van der Waals surface area contributed by atoms with Gasteiger partial charge in [-0.3, -0.25) is 8.98 Å². The molecule has 0 rings (SSSR count). The minimum atomic E-state index is -4.41. The minimum absolute atomic E-state index is 0.398. The second-order valence-electron chi connectivity index (χ2n) is 3.22. The Bertz CT molecular complexity index is 283. The summed E-state index contributed by atoms with van der Waals surface area (Å²) < 4.78 is 31.0. The topological polar surface area (TPSA) is 114 Å². The van der Waals surface area contributed by atoms with Crippen LogP contribution in [0.1, 0.15) is 6.92 Å². The van der Waals surface area contributed by atoms with Crippen molar-refractivity contribution in [2.75, 3.05) is 28.3 Å². The van der Waals surface area contributed by atoms with Crippen LogP contribution in [0.5, 0.6) is 0 Å². The lowest BCUT2D eigenvalue weighted by Crippen LogP contribution is -3.02. The summed E-state index contributed by atoms with van der Waals surface area (Å²) in [5.74, 6) is -0.435. The Kier molecular flexibility index (Phi) is 13.5. The van der Waals surface area contributed by atoms with Crippen molar-refractivity contribution in [3.63, 3.8) is 0 Å². The molecule has 0 aliphatic heterocycles. The zero-order valence-electron chi connectivity index (χ0n) is 10.2. The third kappa shape index (κ3) is 51.8. The Morgan fingerprint density at radius 1 is 1.38 bits per heavy atom. The maximum atomic E-state index is 9.82. The lowest BCUT2D eigenvalue weighted by molar-refractivity contribution is -0.836. The summed E-state index contributed by atoms with van der Waals surface area (Å²) in [5, 5.41) is 0. The molecule has 16 heavy (non-hydrogen) atoms. The molecule has 0 fully saturated rings. The van der Waals surface area contributed by atoms with Crippen LogP contribution in [0.2, 0.25) is 0 Å². The molecule has 0 aliphatic rings. The van der Waals surface area contributed by atoms with Crippen LogP contribution in [-0.4, -0.2) is 47.1 Å². The lowest BCUT2D eigenvalue weighted by atomic mass is 10.3. The fraction of sp³-hybridized carbons (Fsp3) is 0.625. The van der Waals surface area contributed by atoms with E-state index in [-0.39, 0.29) is 0 Å². The van der Waals surface area contributed by atoms with Crippen LogP contribution in [-0.2, 0) is 19.4 Å². The molecule has 0 atom stereocenters. The average molecular weight is 256 g/mol. The second kappa shape index (κ2) is 10.6. The molecule has 0 aromatic rings. The van der Waals surface area contributed by atoms with Crippen LogP contribution in [0.4, 0.5) is 0 Å². The number of primary amides is 1. The standard InChI is InChI=1S/C4H7NO.C3H9N.CH4O4S/c1-3(2)4(5)6;1-4(2)3;1-5-6(2,3)4/h1H2,2H3,(H2,5,6);1-3H3;1H3,(H,2,3,4). The summed E-state index contributed by atoms with van der Waals surface area (Å²) in [6.45, 7) is 4.85. The number of carbonyl (C=O) groups is 1. The number of nitrogens with one attached hydrogen (secondary N) is 1. The maximum absolute atomic E-state index is 9.82. The molecule has 98 valence electrons. The summed E-state index contributed by atoms with van der Waals surface area (Å²) in [6.07, 6.45) is 0. The molecular formula is C8H20N2O5S. The van der Waals surface area contributed by atoms with Gasteiger partial charge in [0.25, 0.3) is 0 Å². The highest BCUT2D eigenvalue weighted by Gasteiger charge is 1.86. The zero-order valence-corrected chi connectivity index (χ0v) is 11.1. The molecule has 0 aliphatic carbocycles. The summed E-state index contributed by atoms with van der Waals surface area (Å²) in [6, 6.07) is 0. The van der Waals surface area contributed by atoms with E-state index in [1.165, 1.54) is 4.90 Å². The van der Waals surface area contributed by atoms with E-state index >= 15 is 0 Å². The lowest BCUT2D eigenvalue weighted by Gasteiger charge is -1.98. The smallest absolute Gasteiger partial charge is 0.243 e. The largest absolute Gasteiger partial charge is 0.726 e. The fourth-order valence-corrected chi connectivity index (χ4v) is 0. The second-order valence-corrected chi connectivity index (χ2v) is 4.37. The van der Waals surface area contributed by atoms with Gasteiger partial charge in [0.15, 0.2) is 0 Å². The normalized spacial score (nSPS) is 9.44. The molecule has 8 heteroatoms. The molecule has 0 radical (unpaired) electrons. The highest BCUT2D eigenvalue weighted by Crippen LogP contribution is 1.78. The maximum Gasteiger partial charge on any atom is 0.243 e. The van der Waals surface area contributed by atoms with Crippen molar-refractivity contribution in [3.05, 3.63) is 12.2 Å².